The molecular weight excluding hydrogens is 453 g/mol. The van der Waals surface area contributed by atoms with Crippen molar-refractivity contribution < 1.29 is 9.47 Å². The van der Waals surface area contributed by atoms with Crippen molar-refractivity contribution in [2.45, 2.75) is 38.7 Å². The fourth-order valence-corrected chi connectivity index (χ4v) is 2.97. The van der Waals surface area contributed by atoms with Crippen LogP contribution in [0.4, 0.5) is 0 Å². The average Bonchev–Trinajstić information content (AvgIpc) is 3.09. The molecule has 1 aromatic carbocycles. The zero-order chi connectivity index (χ0) is 17.2. The number of nitrogens with one attached hydrogen (secondary N) is 2. The second-order valence-corrected chi connectivity index (χ2v) is 6.23. The molecule has 0 aliphatic carbocycles. The molecule has 0 spiro atoms. The van der Waals surface area contributed by atoms with Gasteiger partial charge in [0, 0.05) is 31.3 Å². The van der Waals surface area contributed by atoms with Crippen molar-refractivity contribution in [2.24, 2.45) is 4.99 Å². The molecule has 0 radical (unpaired) electrons. The van der Waals surface area contributed by atoms with E-state index in [-0.39, 0.29) is 24.0 Å². The summed E-state index contributed by atoms with van der Waals surface area (Å²) in [5.74, 6) is 1.63. The van der Waals surface area contributed by atoms with Crippen LogP contribution in [0.1, 0.15) is 31.7 Å². The van der Waals surface area contributed by atoms with Crippen LogP contribution in [-0.2, 0) is 11.2 Å². The Labute approximate surface area is 172 Å². The summed E-state index contributed by atoms with van der Waals surface area (Å²) in [5.41, 5.74) is 1.10. The first-order valence-electron chi connectivity index (χ1n) is 8.69. The molecule has 1 saturated heterocycles. The summed E-state index contributed by atoms with van der Waals surface area (Å²) in [6.45, 7) is 5.36. The van der Waals surface area contributed by atoms with Crippen molar-refractivity contribution in [3.05, 3.63) is 28.8 Å². The third kappa shape index (κ3) is 8.00. The Morgan fingerprint density at radius 3 is 2.88 bits per heavy atom. The second kappa shape index (κ2) is 12.6. The lowest BCUT2D eigenvalue weighted by molar-refractivity contribution is 0.106. The number of ether oxygens (including phenoxy) is 2. The molecule has 0 aromatic heterocycles. The van der Waals surface area contributed by atoms with Crippen molar-refractivity contribution in [1.82, 2.24) is 10.6 Å². The zero-order valence-electron chi connectivity index (χ0n) is 15.0. The highest BCUT2D eigenvalue weighted by Gasteiger charge is 2.14. The molecule has 25 heavy (non-hydrogen) atoms. The summed E-state index contributed by atoms with van der Waals surface area (Å²) < 4.78 is 10.8. The maximum Gasteiger partial charge on any atom is 0.191 e. The first-order chi connectivity index (χ1) is 11.7. The minimum atomic E-state index is 0. The summed E-state index contributed by atoms with van der Waals surface area (Å²) in [6, 6.07) is 5.78. The van der Waals surface area contributed by atoms with E-state index in [0.717, 1.165) is 67.8 Å². The molecule has 2 rings (SSSR count). The number of hydrogen-bond donors (Lipinski definition) is 2. The molecule has 1 atom stereocenters. The summed E-state index contributed by atoms with van der Waals surface area (Å²) >= 11 is 6.27. The fraction of sp³-hybridized carbons (Fsp3) is 0.611. The van der Waals surface area contributed by atoms with Gasteiger partial charge in [0.05, 0.1) is 13.2 Å². The summed E-state index contributed by atoms with van der Waals surface area (Å²) in [6.07, 6.45) is 4.54. The number of rotatable bonds is 8. The van der Waals surface area contributed by atoms with E-state index in [1.165, 1.54) is 6.42 Å². The predicted molar refractivity (Wildman–Crippen MR) is 115 cm³/mol. The zero-order valence-corrected chi connectivity index (χ0v) is 18.1. The van der Waals surface area contributed by atoms with Crippen molar-refractivity contribution in [3.8, 4) is 5.75 Å². The Bertz CT molecular complexity index is 537. The smallest absolute Gasteiger partial charge is 0.191 e. The molecule has 2 N–H and O–H groups in total. The molecule has 5 nitrogen and oxygen atoms in total. The van der Waals surface area contributed by atoms with Gasteiger partial charge in [-0.3, -0.25) is 4.99 Å². The highest BCUT2D eigenvalue weighted by Crippen LogP contribution is 2.22. The Balaban J connectivity index is 0.00000312. The van der Waals surface area contributed by atoms with Crippen molar-refractivity contribution in [1.29, 1.82) is 0 Å². The maximum atomic E-state index is 6.27. The van der Waals surface area contributed by atoms with Crippen LogP contribution in [0.5, 0.6) is 5.75 Å². The van der Waals surface area contributed by atoms with Crippen molar-refractivity contribution in [3.63, 3.8) is 0 Å². The van der Waals surface area contributed by atoms with Crippen LogP contribution in [0.3, 0.4) is 0 Å². The van der Waals surface area contributed by atoms with Crippen LogP contribution in [0, 0.1) is 0 Å². The topological polar surface area (TPSA) is 54.9 Å². The number of aliphatic imine (C=N–C) groups is 1. The molecule has 0 saturated carbocycles. The number of methoxy groups -OCH3 is 1. The van der Waals surface area contributed by atoms with Crippen LogP contribution in [0.25, 0.3) is 0 Å². The van der Waals surface area contributed by atoms with E-state index < -0.39 is 0 Å². The number of hydrogen-bond acceptors (Lipinski definition) is 3. The second-order valence-electron chi connectivity index (χ2n) is 5.82. The third-order valence-corrected chi connectivity index (χ3v) is 4.39. The number of guanidine groups is 1. The van der Waals surface area contributed by atoms with E-state index >= 15 is 0 Å². The van der Waals surface area contributed by atoms with Crippen LogP contribution >= 0.6 is 35.6 Å². The Morgan fingerprint density at radius 2 is 2.24 bits per heavy atom. The molecule has 142 valence electrons. The van der Waals surface area contributed by atoms with Gasteiger partial charge in [-0.1, -0.05) is 17.7 Å². The molecule has 1 aromatic rings. The molecular formula is C18H29ClIN3O2. The van der Waals surface area contributed by atoms with E-state index in [1.807, 2.05) is 18.2 Å². The van der Waals surface area contributed by atoms with Gasteiger partial charge in [-0.05, 0) is 50.3 Å². The van der Waals surface area contributed by atoms with E-state index in [4.69, 9.17) is 21.1 Å². The quantitative estimate of drug-likeness (QED) is 0.338. The lowest BCUT2D eigenvalue weighted by Crippen LogP contribution is -2.38. The van der Waals surface area contributed by atoms with E-state index in [1.54, 1.807) is 7.11 Å². The van der Waals surface area contributed by atoms with Gasteiger partial charge >= 0.3 is 0 Å². The highest BCUT2D eigenvalue weighted by atomic mass is 127. The summed E-state index contributed by atoms with van der Waals surface area (Å²) in [7, 11) is 1.64. The Morgan fingerprint density at radius 1 is 1.40 bits per heavy atom. The standard InChI is InChI=1S/C18H28ClN3O2.HI/c1-3-20-18(22-11-9-15-5-4-12-24-15)21-10-8-14-6-7-16(23-2)13-17(14)19;/h6-7,13,15H,3-5,8-12H2,1-2H3,(H2,20,21,22);1H. The molecule has 1 unspecified atom stereocenters. The van der Waals surface area contributed by atoms with E-state index in [2.05, 4.69) is 22.5 Å². The van der Waals surface area contributed by atoms with Crippen LogP contribution < -0.4 is 15.4 Å². The van der Waals surface area contributed by atoms with Gasteiger partial charge in [-0.2, -0.15) is 0 Å². The highest BCUT2D eigenvalue weighted by molar-refractivity contribution is 14.0. The van der Waals surface area contributed by atoms with Gasteiger partial charge in [0.25, 0.3) is 0 Å². The van der Waals surface area contributed by atoms with E-state index in [0.29, 0.717) is 6.10 Å². The van der Waals surface area contributed by atoms with Gasteiger partial charge in [0.2, 0.25) is 0 Å². The summed E-state index contributed by atoms with van der Waals surface area (Å²) in [4.78, 5) is 4.62. The van der Waals surface area contributed by atoms with Gasteiger partial charge in [0.15, 0.2) is 5.96 Å². The fourth-order valence-electron chi connectivity index (χ4n) is 2.71. The van der Waals surface area contributed by atoms with E-state index in [9.17, 15) is 0 Å². The molecule has 1 aliphatic heterocycles. The van der Waals surface area contributed by atoms with Gasteiger partial charge in [0.1, 0.15) is 5.75 Å². The van der Waals surface area contributed by atoms with Crippen LogP contribution in [0.2, 0.25) is 5.02 Å². The van der Waals surface area contributed by atoms with Gasteiger partial charge in [-0.15, -0.1) is 24.0 Å². The van der Waals surface area contributed by atoms with Crippen LogP contribution in [0.15, 0.2) is 23.2 Å². The average molecular weight is 482 g/mol. The first kappa shape index (κ1) is 22.3. The number of benzene rings is 1. The van der Waals surface area contributed by atoms with Crippen LogP contribution in [-0.4, -0.2) is 45.4 Å². The molecule has 7 heteroatoms. The third-order valence-electron chi connectivity index (χ3n) is 4.04. The molecule has 0 amide bonds. The van der Waals surface area contributed by atoms with Crippen molar-refractivity contribution in [2.75, 3.05) is 33.4 Å². The molecule has 1 aliphatic rings. The van der Waals surface area contributed by atoms with Gasteiger partial charge in [-0.25, -0.2) is 0 Å². The first-order valence-corrected chi connectivity index (χ1v) is 9.07. The van der Waals surface area contributed by atoms with Gasteiger partial charge < -0.3 is 20.1 Å². The molecule has 1 fully saturated rings. The monoisotopic (exact) mass is 481 g/mol. The minimum absolute atomic E-state index is 0. The maximum absolute atomic E-state index is 6.27. The predicted octanol–water partition coefficient (Wildman–Crippen LogP) is 3.63. The minimum Gasteiger partial charge on any atom is -0.497 e. The molecule has 1 heterocycles. The number of nitrogens with zero attached hydrogens (tertiary/aromatic N) is 1. The SMILES string of the molecule is CCNC(=NCCC1CCCO1)NCCc1ccc(OC)cc1Cl.I. The Kier molecular flexibility index (Phi) is 11.2. The normalized spacial score (nSPS) is 17.1. The molecule has 0 bridgehead atoms. The lowest BCUT2D eigenvalue weighted by Gasteiger charge is -2.13. The number of halogens is 2. The lowest BCUT2D eigenvalue weighted by atomic mass is 10.1. The Hall–Kier alpha value is -0.730. The van der Waals surface area contributed by atoms with Crippen molar-refractivity contribution >= 4 is 41.5 Å². The summed E-state index contributed by atoms with van der Waals surface area (Å²) in [5, 5.41) is 7.36. The largest absolute Gasteiger partial charge is 0.497 e.